The molecule has 2 N–H and O–H groups in total. The summed E-state index contributed by atoms with van der Waals surface area (Å²) in [6.07, 6.45) is -3.17. The number of carbonyl (C=O) groups is 1. The highest BCUT2D eigenvalue weighted by molar-refractivity contribution is 6.05. The molecule has 2 aromatic rings. The van der Waals surface area contributed by atoms with Gasteiger partial charge in [0.25, 0.3) is 5.91 Å². The lowest BCUT2D eigenvalue weighted by Crippen LogP contribution is -2.14. The van der Waals surface area contributed by atoms with Gasteiger partial charge in [-0.2, -0.15) is 13.2 Å². The minimum Gasteiger partial charge on any atom is -0.366 e. The number of aromatic nitrogens is 1. The highest BCUT2D eigenvalue weighted by Gasteiger charge is 2.33. The van der Waals surface area contributed by atoms with E-state index < -0.39 is 17.6 Å². The van der Waals surface area contributed by atoms with Crippen molar-refractivity contribution < 1.29 is 18.0 Å². The van der Waals surface area contributed by atoms with E-state index in [-0.39, 0.29) is 16.5 Å². The van der Waals surface area contributed by atoms with Crippen LogP contribution < -0.4 is 5.73 Å². The maximum atomic E-state index is 12.7. The predicted octanol–water partition coefficient (Wildman–Crippen LogP) is 2.35. The lowest BCUT2D eigenvalue weighted by atomic mass is 10.0. The Balaban J connectivity index is 2.85. The molecule has 1 aromatic carbocycles. The van der Waals surface area contributed by atoms with Gasteiger partial charge in [-0.3, -0.25) is 9.78 Å². The van der Waals surface area contributed by atoms with E-state index in [0.717, 1.165) is 12.1 Å². The molecule has 6 heteroatoms. The molecular weight excluding hydrogens is 233 g/mol. The first kappa shape index (κ1) is 11.4. The summed E-state index contributed by atoms with van der Waals surface area (Å²) in [7, 11) is 0. The second-order valence-corrected chi connectivity index (χ2v) is 3.42. The van der Waals surface area contributed by atoms with Crippen LogP contribution in [0.4, 0.5) is 13.2 Å². The molecular formula is C11H7F3N2O. The second kappa shape index (κ2) is 3.73. The number of benzene rings is 1. The van der Waals surface area contributed by atoms with Crippen LogP contribution in [0.1, 0.15) is 15.9 Å². The molecule has 1 heterocycles. The van der Waals surface area contributed by atoms with Crippen molar-refractivity contribution >= 4 is 16.8 Å². The molecule has 0 aliphatic heterocycles. The number of nitrogens with two attached hydrogens (primary N) is 1. The van der Waals surface area contributed by atoms with Crippen LogP contribution >= 0.6 is 0 Å². The average Bonchev–Trinajstić information content (AvgIpc) is 2.26. The Kier molecular flexibility index (Phi) is 2.49. The van der Waals surface area contributed by atoms with E-state index >= 15 is 0 Å². The van der Waals surface area contributed by atoms with Gasteiger partial charge in [0.2, 0.25) is 0 Å². The Morgan fingerprint density at radius 1 is 1.24 bits per heavy atom. The molecule has 0 radical (unpaired) electrons. The third-order valence-corrected chi connectivity index (χ3v) is 2.34. The van der Waals surface area contributed by atoms with E-state index in [9.17, 15) is 18.0 Å². The maximum Gasteiger partial charge on any atom is 0.417 e. The third kappa shape index (κ3) is 1.93. The topological polar surface area (TPSA) is 56.0 Å². The molecule has 0 spiro atoms. The fourth-order valence-corrected chi connectivity index (χ4v) is 1.62. The normalized spacial score (nSPS) is 11.7. The van der Waals surface area contributed by atoms with Crippen LogP contribution in [-0.2, 0) is 6.18 Å². The van der Waals surface area contributed by atoms with Crippen LogP contribution in [0.25, 0.3) is 10.9 Å². The first-order valence-electron chi connectivity index (χ1n) is 4.66. The third-order valence-electron chi connectivity index (χ3n) is 2.34. The molecule has 0 bridgehead atoms. The van der Waals surface area contributed by atoms with Crippen LogP contribution in [0.5, 0.6) is 0 Å². The van der Waals surface area contributed by atoms with Gasteiger partial charge in [-0.05, 0) is 18.2 Å². The van der Waals surface area contributed by atoms with Gasteiger partial charge in [0.1, 0.15) is 0 Å². The molecule has 1 aromatic heterocycles. The number of hydrogen-bond acceptors (Lipinski definition) is 2. The molecule has 0 saturated heterocycles. The van der Waals surface area contributed by atoms with Crippen molar-refractivity contribution in [3.05, 3.63) is 41.6 Å². The quantitative estimate of drug-likeness (QED) is 0.831. The molecule has 0 atom stereocenters. The number of alkyl halides is 3. The Morgan fingerprint density at radius 2 is 1.94 bits per heavy atom. The zero-order chi connectivity index (χ0) is 12.6. The van der Waals surface area contributed by atoms with Crippen molar-refractivity contribution in [2.75, 3.05) is 0 Å². The summed E-state index contributed by atoms with van der Waals surface area (Å²) in [5, 5.41) is -0.128. The SMILES string of the molecule is NC(=O)c1ccc(C(F)(F)F)c2cccnc12. The Morgan fingerprint density at radius 3 is 2.53 bits per heavy atom. The van der Waals surface area contributed by atoms with Gasteiger partial charge < -0.3 is 5.73 Å². The lowest BCUT2D eigenvalue weighted by Gasteiger charge is -2.11. The highest BCUT2D eigenvalue weighted by Crippen LogP contribution is 2.35. The number of fused-ring (bicyclic) bond motifs is 1. The minimum atomic E-state index is -4.49. The number of nitrogens with zero attached hydrogens (tertiary/aromatic N) is 1. The summed E-state index contributed by atoms with van der Waals surface area (Å²) in [5.74, 6) is -0.803. The van der Waals surface area contributed by atoms with Crippen molar-refractivity contribution in [3.8, 4) is 0 Å². The fraction of sp³-hybridized carbons (Fsp3) is 0.0909. The predicted molar refractivity (Wildman–Crippen MR) is 55.3 cm³/mol. The van der Waals surface area contributed by atoms with Gasteiger partial charge in [-0.15, -0.1) is 0 Å². The van der Waals surface area contributed by atoms with E-state index in [1.165, 1.54) is 18.3 Å². The molecule has 88 valence electrons. The van der Waals surface area contributed by atoms with Gasteiger partial charge >= 0.3 is 6.18 Å². The van der Waals surface area contributed by atoms with Gasteiger partial charge in [-0.25, -0.2) is 0 Å². The summed E-state index contributed by atoms with van der Waals surface area (Å²) in [6.45, 7) is 0. The Bertz CT molecular complexity index is 593. The van der Waals surface area contributed by atoms with E-state index in [4.69, 9.17) is 5.73 Å². The van der Waals surface area contributed by atoms with Crippen LogP contribution in [0.2, 0.25) is 0 Å². The van der Waals surface area contributed by atoms with E-state index in [0.29, 0.717) is 0 Å². The number of carbonyl (C=O) groups excluding carboxylic acids is 1. The summed E-state index contributed by atoms with van der Waals surface area (Å²) >= 11 is 0. The minimum absolute atomic E-state index is 0.0198. The van der Waals surface area contributed by atoms with Crippen LogP contribution in [-0.4, -0.2) is 10.9 Å². The smallest absolute Gasteiger partial charge is 0.366 e. The monoisotopic (exact) mass is 240 g/mol. The highest BCUT2D eigenvalue weighted by atomic mass is 19.4. The summed E-state index contributed by atoms with van der Waals surface area (Å²) in [5.41, 5.74) is 4.20. The zero-order valence-electron chi connectivity index (χ0n) is 8.45. The standard InChI is InChI=1S/C11H7F3N2O/c12-11(13,14)8-4-3-7(10(15)17)9-6(8)2-1-5-16-9/h1-5H,(H2,15,17). The molecule has 0 aliphatic carbocycles. The summed E-state index contributed by atoms with van der Waals surface area (Å²) in [6, 6.07) is 4.52. The average molecular weight is 240 g/mol. The number of primary amides is 1. The van der Waals surface area contributed by atoms with Crippen LogP contribution in [0.3, 0.4) is 0 Å². The number of pyridine rings is 1. The van der Waals surface area contributed by atoms with Crippen molar-refractivity contribution in [1.82, 2.24) is 4.98 Å². The molecule has 0 fully saturated rings. The number of halogens is 3. The molecule has 0 unspecified atom stereocenters. The Labute approximate surface area is 94.1 Å². The van der Waals surface area contributed by atoms with E-state index in [2.05, 4.69) is 4.98 Å². The summed E-state index contributed by atoms with van der Waals surface area (Å²) < 4.78 is 38.1. The van der Waals surface area contributed by atoms with E-state index in [1.807, 2.05) is 0 Å². The first-order valence-corrected chi connectivity index (χ1v) is 4.66. The molecule has 17 heavy (non-hydrogen) atoms. The molecule has 0 saturated carbocycles. The number of amides is 1. The van der Waals surface area contributed by atoms with E-state index in [1.54, 1.807) is 0 Å². The van der Waals surface area contributed by atoms with Crippen molar-refractivity contribution in [2.24, 2.45) is 5.73 Å². The summed E-state index contributed by atoms with van der Waals surface area (Å²) in [4.78, 5) is 14.9. The number of hydrogen-bond donors (Lipinski definition) is 1. The molecule has 1 amide bonds. The van der Waals surface area contributed by atoms with Gasteiger partial charge in [0.15, 0.2) is 0 Å². The number of rotatable bonds is 1. The van der Waals surface area contributed by atoms with Gasteiger partial charge in [-0.1, -0.05) is 6.07 Å². The fourth-order valence-electron chi connectivity index (χ4n) is 1.62. The van der Waals surface area contributed by atoms with Crippen molar-refractivity contribution in [3.63, 3.8) is 0 Å². The largest absolute Gasteiger partial charge is 0.417 e. The van der Waals surface area contributed by atoms with Gasteiger partial charge in [0, 0.05) is 11.6 Å². The van der Waals surface area contributed by atoms with Gasteiger partial charge in [0.05, 0.1) is 16.6 Å². The van der Waals surface area contributed by atoms with Crippen LogP contribution in [0.15, 0.2) is 30.5 Å². The maximum absolute atomic E-state index is 12.7. The van der Waals surface area contributed by atoms with Crippen molar-refractivity contribution in [2.45, 2.75) is 6.18 Å². The molecule has 0 aliphatic rings. The van der Waals surface area contributed by atoms with Crippen LogP contribution in [0, 0.1) is 0 Å². The molecule has 3 nitrogen and oxygen atoms in total. The first-order chi connectivity index (χ1) is 7.91. The lowest BCUT2D eigenvalue weighted by molar-refractivity contribution is -0.136. The zero-order valence-corrected chi connectivity index (χ0v) is 8.45. The molecule has 2 rings (SSSR count). The van der Waals surface area contributed by atoms with Crippen molar-refractivity contribution in [1.29, 1.82) is 0 Å². The second-order valence-electron chi connectivity index (χ2n) is 3.42. The Hall–Kier alpha value is -2.11.